The van der Waals surface area contributed by atoms with Crippen LogP contribution in [0.4, 0.5) is 4.39 Å². The van der Waals surface area contributed by atoms with Crippen molar-refractivity contribution in [2.45, 2.75) is 19.9 Å². The predicted octanol–water partition coefficient (Wildman–Crippen LogP) is 3.84. The Morgan fingerprint density at radius 2 is 1.90 bits per heavy atom. The van der Waals surface area contributed by atoms with E-state index in [0.29, 0.717) is 6.61 Å². The average molecular weight is 273 g/mol. The van der Waals surface area contributed by atoms with Gasteiger partial charge in [-0.1, -0.05) is 24.3 Å². The Balaban J connectivity index is 2.47. The van der Waals surface area contributed by atoms with Crippen molar-refractivity contribution in [2.24, 2.45) is 0 Å². The van der Waals surface area contributed by atoms with E-state index in [1.54, 1.807) is 6.07 Å². The molecule has 1 atom stereocenters. The number of rotatable bonds is 5. The lowest BCUT2D eigenvalue weighted by Crippen LogP contribution is -2.19. The van der Waals surface area contributed by atoms with Crippen LogP contribution in [0.3, 0.4) is 0 Å². The van der Waals surface area contributed by atoms with Crippen molar-refractivity contribution in [3.63, 3.8) is 0 Å². The van der Waals surface area contributed by atoms with Crippen LogP contribution in [0.25, 0.3) is 0 Å². The van der Waals surface area contributed by atoms with Gasteiger partial charge in [0, 0.05) is 5.56 Å². The Morgan fingerprint density at radius 3 is 2.55 bits per heavy atom. The Kier molecular flexibility index (Phi) is 4.74. The van der Waals surface area contributed by atoms with Crippen LogP contribution in [0.2, 0.25) is 0 Å². The van der Waals surface area contributed by atoms with Gasteiger partial charge in [-0.25, -0.2) is 4.39 Å². The summed E-state index contributed by atoms with van der Waals surface area (Å²) in [5, 5.41) is 3.29. The fraction of sp³-hybridized carbons (Fsp3) is 0.294. The molecule has 0 radical (unpaired) electrons. The van der Waals surface area contributed by atoms with E-state index in [9.17, 15) is 4.39 Å². The fourth-order valence-electron chi connectivity index (χ4n) is 2.45. The van der Waals surface area contributed by atoms with Crippen LogP contribution >= 0.6 is 0 Å². The Morgan fingerprint density at radius 1 is 1.15 bits per heavy atom. The summed E-state index contributed by atoms with van der Waals surface area (Å²) in [6.07, 6.45) is 0. The van der Waals surface area contributed by atoms with Gasteiger partial charge in [-0.3, -0.25) is 0 Å². The zero-order valence-corrected chi connectivity index (χ0v) is 12.1. The van der Waals surface area contributed by atoms with Crippen molar-refractivity contribution in [3.05, 3.63) is 65.0 Å². The molecule has 0 bridgehead atoms. The average Bonchev–Trinajstić information content (AvgIpc) is 2.44. The van der Waals surface area contributed by atoms with Gasteiger partial charge in [-0.05, 0) is 50.2 Å². The van der Waals surface area contributed by atoms with Crippen molar-refractivity contribution in [1.82, 2.24) is 5.32 Å². The van der Waals surface area contributed by atoms with Crippen LogP contribution in [0.5, 0.6) is 5.75 Å². The van der Waals surface area contributed by atoms with E-state index in [1.165, 1.54) is 6.07 Å². The summed E-state index contributed by atoms with van der Waals surface area (Å²) in [7, 11) is 1.90. The number of aryl methyl sites for hydroxylation is 1. The Hall–Kier alpha value is -1.87. The highest BCUT2D eigenvalue weighted by Gasteiger charge is 2.18. The lowest BCUT2D eigenvalue weighted by molar-refractivity contribution is 0.334. The molecule has 2 aromatic carbocycles. The van der Waals surface area contributed by atoms with Crippen LogP contribution in [-0.4, -0.2) is 13.7 Å². The monoisotopic (exact) mass is 273 g/mol. The smallest absolute Gasteiger partial charge is 0.124 e. The Bertz CT molecular complexity index is 583. The van der Waals surface area contributed by atoms with Crippen LogP contribution in [-0.2, 0) is 0 Å². The lowest BCUT2D eigenvalue weighted by atomic mass is 9.94. The third-order valence-electron chi connectivity index (χ3n) is 3.36. The zero-order valence-electron chi connectivity index (χ0n) is 12.1. The highest BCUT2D eigenvalue weighted by atomic mass is 19.1. The highest BCUT2D eigenvalue weighted by Crippen LogP contribution is 2.31. The second-order valence-electron chi connectivity index (χ2n) is 4.69. The first-order valence-corrected chi connectivity index (χ1v) is 6.82. The minimum absolute atomic E-state index is 0.0154. The number of nitrogens with one attached hydrogen (secondary N) is 1. The third-order valence-corrected chi connectivity index (χ3v) is 3.36. The zero-order chi connectivity index (χ0) is 14.5. The number of hydrogen-bond acceptors (Lipinski definition) is 2. The summed E-state index contributed by atoms with van der Waals surface area (Å²) in [4.78, 5) is 0. The van der Waals surface area contributed by atoms with Gasteiger partial charge in [0.1, 0.15) is 11.6 Å². The van der Waals surface area contributed by atoms with Gasteiger partial charge in [-0.2, -0.15) is 0 Å². The molecule has 3 heteroatoms. The van der Waals surface area contributed by atoms with Crippen molar-refractivity contribution >= 4 is 0 Å². The summed E-state index contributed by atoms with van der Waals surface area (Å²) >= 11 is 0. The maximum Gasteiger partial charge on any atom is 0.124 e. The lowest BCUT2D eigenvalue weighted by Gasteiger charge is -2.22. The molecule has 106 valence electrons. The van der Waals surface area contributed by atoms with E-state index in [0.717, 1.165) is 22.4 Å². The van der Waals surface area contributed by atoms with Gasteiger partial charge in [0.25, 0.3) is 0 Å². The van der Waals surface area contributed by atoms with Gasteiger partial charge >= 0.3 is 0 Å². The molecule has 20 heavy (non-hydrogen) atoms. The van der Waals surface area contributed by atoms with E-state index < -0.39 is 0 Å². The van der Waals surface area contributed by atoms with Crippen molar-refractivity contribution in [1.29, 1.82) is 0 Å². The molecule has 2 rings (SSSR count). The number of halogens is 1. The summed E-state index contributed by atoms with van der Waals surface area (Å²) in [5.41, 5.74) is 3.04. The molecule has 0 fully saturated rings. The first-order chi connectivity index (χ1) is 9.67. The SMILES string of the molecule is CCOc1ccccc1C(NC)c1ccc(F)cc1C. The number of para-hydroxylation sites is 1. The van der Waals surface area contributed by atoms with E-state index in [1.807, 2.05) is 51.2 Å². The quantitative estimate of drug-likeness (QED) is 0.893. The van der Waals surface area contributed by atoms with Gasteiger partial charge in [0.15, 0.2) is 0 Å². The third kappa shape index (κ3) is 2.99. The molecule has 0 spiro atoms. The number of ether oxygens (including phenoxy) is 1. The molecule has 0 saturated carbocycles. The van der Waals surface area contributed by atoms with E-state index in [4.69, 9.17) is 4.74 Å². The number of hydrogen-bond donors (Lipinski definition) is 1. The Labute approximate surface area is 119 Å². The minimum atomic E-state index is -0.209. The molecule has 0 aliphatic heterocycles. The second kappa shape index (κ2) is 6.53. The molecule has 0 amide bonds. The van der Waals surface area contributed by atoms with Crippen molar-refractivity contribution in [3.8, 4) is 5.75 Å². The highest BCUT2D eigenvalue weighted by molar-refractivity contribution is 5.44. The second-order valence-corrected chi connectivity index (χ2v) is 4.69. The maximum absolute atomic E-state index is 13.3. The number of benzene rings is 2. The molecule has 0 heterocycles. The topological polar surface area (TPSA) is 21.3 Å². The molecule has 2 nitrogen and oxygen atoms in total. The van der Waals surface area contributed by atoms with Crippen molar-refractivity contribution in [2.75, 3.05) is 13.7 Å². The normalized spacial score (nSPS) is 12.2. The van der Waals surface area contributed by atoms with Crippen LogP contribution < -0.4 is 10.1 Å². The summed E-state index contributed by atoms with van der Waals surface area (Å²) in [6, 6.07) is 12.8. The van der Waals surface area contributed by atoms with Crippen molar-refractivity contribution < 1.29 is 9.13 Å². The van der Waals surface area contributed by atoms with Gasteiger partial charge in [-0.15, -0.1) is 0 Å². The first kappa shape index (κ1) is 14.5. The molecule has 1 unspecified atom stereocenters. The first-order valence-electron chi connectivity index (χ1n) is 6.82. The van der Waals surface area contributed by atoms with Gasteiger partial charge in [0.2, 0.25) is 0 Å². The van der Waals surface area contributed by atoms with Crippen LogP contribution in [0.15, 0.2) is 42.5 Å². The standard InChI is InChI=1S/C17H20FNO/c1-4-20-16-8-6-5-7-15(16)17(19-3)14-10-9-13(18)11-12(14)2/h5-11,17,19H,4H2,1-3H3. The van der Waals surface area contributed by atoms with E-state index >= 15 is 0 Å². The molecule has 2 aromatic rings. The minimum Gasteiger partial charge on any atom is -0.494 e. The summed E-state index contributed by atoms with van der Waals surface area (Å²) in [5.74, 6) is 0.650. The van der Waals surface area contributed by atoms with Crippen LogP contribution in [0.1, 0.15) is 29.7 Å². The fourth-order valence-corrected chi connectivity index (χ4v) is 2.45. The largest absolute Gasteiger partial charge is 0.494 e. The molecule has 0 aliphatic carbocycles. The molecule has 0 saturated heterocycles. The summed E-state index contributed by atoms with van der Waals surface area (Å²) < 4.78 is 19.0. The molecular weight excluding hydrogens is 253 g/mol. The molecular formula is C17H20FNO. The predicted molar refractivity (Wildman–Crippen MR) is 79.7 cm³/mol. The van der Waals surface area contributed by atoms with Crippen LogP contribution in [0, 0.1) is 12.7 Å². The van der Waals surface area contributed by atoms with Gasteiger partial charge in [0.05, 0.1) is 12.6 Å². The molecule has 0 aromatic heterocycles. The van der Waals surface area contributed by atoms with E-state index in [-0.39, 0.29) is 11.9 Å². The summed E-state index contributed by atoms with van der Waals surface area (Å²) in [6.45, 7) is 4.51. The molecule has 1 N–H and O–H groups in total. The maximum atomic E-state index is 13.3. The van der Waals surface area contributed by atoms with Gasteiger partial charge < -0.3 is 10.1 Å². The molecule has 0 aliphatic rings. The van der Waals surface area contributed by atoms with E-state index in [2.05, 4.69) is 5.32 Å².